The molecule has 0 saturated carbocycles. The molecule has 0 fully saturated rings. The molecule has 7 heteroatoms. The maximum Gasteiger partial charge on any atom is 0.277 e. The first-order chi connectivity index (χ1) is 10.0. The molecule has 1 aliphatic rings. The van der Waals surface area contributed by atoms with E-state index in [1.165, 1.54) is 0 Å². The van der Waals surface area contributed by atoms with Crippen molar-refractivity contribution in [1.82, 2.24) is 9.78 Å². The first kappa shape index (κ1) is 14.6. The molecule has 0 bridgehead atoms. The van der Waals surface area contributed by atoms with Gasteiger partial charge in [-0.25, -0.2) is 0 Å². The van der Waals surface area contributed by atoms with Gasteiger partial charge >= 0.3 is 0 Å². The van der Waals surface area contributed by atoms with Crippen LogP contribution in [0.25, 0.3) is 0 Å². The second-order valence-corrected chi connectivity index (χ2v) is 6.44. The van der Waals surface area contributed by atoms with Crippen molar-refractivity contribution in [3.63, 3.8) is 0 Å². The number of aromatic nitrogens is 2. The van der Waals surface area contributed by atoms with Gasteiger partial charge in [0.2, 0.25) is 0 Å². The molecule has 1 atom stereocenters. The molecule has 0 unspecified atom stereocenters. The zero-order valence-electron chi connectivity index (χ0n) is 11.5. The lowest BCUT2D eigenvalue weighted by atomic mass is 10.1. The zero-order chi connectivity index (χ0) is 15.1. The van der Waals surface area contributed by atoms with Gasteiger partial charge in [-0.15, -0.1) is 0 Å². The van der Waals surface area contributed by atoms with E-state index >= 15 is 0 Å². The number of fused-ring (bicyclic) bond motifs is 1. The Labute approximate surface area is 141 Å². The third-order valence-corrected chi connectivity index (χ3v) is 4.61. The van der Waals surface area contributed by atoms with Gasteiger partial charge in [-0.1, -0.05) is 11.6 Å². The Morgan fingerprint density at radius 3 is 2.95 bits per heavy atom. The fourth-order valence-corrected chi connectivity index (χ4v) is 3.26. The number of rotatable bonds is 2. The summed E-state index contributed by atoms with van der Waals surface area (Å²) in [4.78, 5) is 14.5. The lowest BCUT2D eigenvalue weighted by Crippen LogP contribution is -2.43. The smallest absolute Gasteiger partial charge is 0.277 e. The third-order valence-electron chi connectivity index (χ3n) is 3.51. The van der Waals surface area contributed by atoms with E-state index in [9.17, 15) is 4.79 Å². The highest BCUT2D eigenvalue weighted by molar-refractivity contribution is 14.1. The van der Waals surface area contributed by atoms with Crippen molar-refractivity contribution < 1.29 is 9.53 Å². The normalized spacial score (nSPS) is 17.8. The van der Waals surface area contributed by atoms with Gasteiger partial charge in [0.25, 0.3) is 5.91 Å². The first-order valence-corrected chi connectivity index (χ1v) is 7.87. The van der Waals surface area contributed by atoms with Crippen molar-refractivity contribution in [3.05, 3.63) is 38.7 Å². The number of methoxy groups -OCH3 is 1. The summed E-state index contributed by atoms with van der Waals surface area (Å²) in [6, 6.07) is 5.47. The van der Waals surface area contributed by atoms with Gasteiger partial charge in [0.05, 0.1) is 27.9 Å². The number of hydrogen-bond acceptors (Lipinski definition) is 3. The largest absolute Gasteiger partial charge is 0.495 e. The van der Waals surface area contributed by atoms with Gasteiger partial charge < -0.3 is 9.64 Å². The van der Waals surface area contributed by atoms with Crippen molar-refractivity contribution in [3.8, 4) is 5.75 Å². The Bertz CT molecular complexity index is 716. The summed E-state index contributed by atoms with van der Waals surface area (Å²) in [7, 11) is 1.56. The molecular weight excluding hydrogens is 405 g/mol. The van der Waals surface area contributed by atoms with Crippen molar-refractivity contribution in [2.45, 2.75) is 13.0 Å². The molecule has 3 rings (SSSR count). The highest BCUT2D eigenvalue weighted by Crippen LogP contribution is 2.33. The van der Waals surface area contributed by atoms with Crippen molar-refractivity contribution in [1.29, 1.82) is 0 Å². The van der Waals surface area contributed by atoms with E-state index in [0.717, 1.165) is 9.26 Å². The van der Waals surface area contributed by atoms with Crippen molar-refractivity contribution in [2.24, 2.45) is 0 Å². The maximum absolute atomic E-state index is 12.7. The molecule has 1 aromatic carbocycles. The van der Waals surface area contributed by atoms with E-state index in [1.54, 1.807) is 35.0 Å². The number of ether oxygens (including phenoxy) is 1. The van der Waals surface area contributed by atoms with E-state index in [-0.39, 0.29) is 11.9 Å². The van der Waals surface area contributed by atoms with Gasteiger partial charge in [-0.3, -0.25) is 9.48 Å². The van der Waals surface area contributed by atoms with Crippen LogP contribution in [0.5, 0.6) is 5.75 Å². The summed E-state index contributed by atoms with van der Waals surface area (Å²) < 4.78 is 7.87. The van der Waals surface area contributed by atoms with Crippen LogP contribution in [0.1, 0.15) is 23.5 Å². The predicted octanol–water partition coefficient (Wildman–Crippen LogP) is 3.37. The van der Waals surface area contributed by atoms with Crippen LogP contribution in [0, 0.1) is 3.57 Å². The van der Waals surface area contributed by atoms with E-state index in [2.05, 4.69) is 27.7 Å². The molecule has 0 radical (unpaired) electrons. The summed E-state index contributed by atoms with van der Waals surface area (Å²) >= 11 is 8.18. The fourth-order valence-electron chi connectivity index (χ4n) is 2.47. The quantitative estimate of drug-likeness (QED) is 0.704. The number of amides is 1. The monoisotopic (exact) mass is 417 g/mol. The molecule has 0 N–H and O–H groups in total. The Morgan fingerprint density at radius 1 is 1.48 bits per heavy atom. The molecular formula is C14H13ClIN3O2. The summed E-state index contributed by atoms with van der Waals surface area (Å²) in [6.07, 6.45) is 1.72. The molecule has 2 aromatic rings. The van der Waals surface area contributed by atoms with Crippen LogP contribution < -0.4 is 9.64 Å². The zero-order valence-corrected chi connectivity index (χ0v) is 14.4. The minimum atomic E-state index is -0.0561. The van der Waals surface area contributed by atoms with Crippen LogP contribution in [-0.2, 0) is 0 Å². The number of hydrogen-bond donors (Lipinski definition) is 0. The second-order valence-electron chi connectivity index (χ2n) is 4.87. The Balaban J connectivity index is 2.05. The van der Waals surface area contributed by atoms with Gasteiger partial charge in [-0.05, 0) is 41.6 Å². The molecule has 0 spiro atoms. The first-order valence-electron chi connectivity index (χ1n) is 6.41. The summed E-state index contributed by atoms with van der Waals surface area (Å²) in [6.45, 7) is 2.60. The minimum Gasteiger partial charge on any atom is -0.495 e. The molecule has 1 aromatic heterocycles. The standard InChI is InChI=1S/C14H13ClIN3O2/c1-8-7-18(9-3-4-10(15)12(5-9)21-2)14(20)13-11(16)6-17-19(8)13/h3-6,8H,7H2,1-2H3/t8-/m0/s1. The summed E-state index contributed by atoms with van der Waals surface area (Å²) in [5.41, 5.74) is 1.40. The highest BCUT2D eigenvalue weighted by atomic mass is 127. The molecule has 5 nitrogen and oxygen atoms in total. The number of anilines is 1. The van der Waals surface area contributed by atoms with Crippen LogP contribution in [0.3, 0.4) is 0 Å². The topological polar surface area (TPSA) is 47.4 Å². The highest BCUT2D eigenvalue weighted by Gasteiger charge is 2.32. The van der Waals surface area contributed by atoms with Gasteiger partial charge in [0, 0.05) is 18.3 Å². The van der Waals surface area contributed by atoms with Crippen molar-refractivity contribution in [2.75, 3.05) is 18.6 Å². The predicted molar refractivity (Wildman–Crippen MR) is 89.3 cm³/mol. The number of benzene rings is 1. The Hall–Kier alpha value is -1.28. The third kappa shape index (κ3) is 2.40. The average Bonchev–Trinajstić information content (AvgIpc) is 2.86. The van der Waals surface area contributed by atoms with Gasteiger partial charge in [0.1, 0.15) is 11.4 Å². The van der Waals surface area contributed by atoms with Crippen LogP contribution >= 0.6 is 34.2 Å². The molecule has 2 heterocycles. The van der Waals surface area contributed by atoms with Gasteiger partial charge in [-0.2, -0.15) is 5.10 Å². The Morgan fingerprint density at radius 2 is 2.24 bits per heavy atom. The average molecular weight is 418 g/mol. The molecule has 1 aliphatic heterocycles. The molecule has 1 amide bonds. The molecule has 0 aliphatic carbocycles. The van der Waals surface area contributed by atoms with Crippen LogP contribution in [0.2, 0.25) is 5.02 Å². The maximum atomic E-state index is 12.7. The van der Waals surface area contributed by atoms with Gasteiger partial charge in [0.15, 0.2) is 0 Å². The molecule has 21 heavy (non-hydrogen) atoms. The minimum absolute atomic E-state index is 0.0561. The number of nitrogens with zero attached hydrogens (tertiary/aromatic N) is 3. The van der Waals surface area contributed by atoms with E-state index in [1.807, 2.05) is 13.0 Å². The number of halogens is 2. The van der Waals surface area contributed by atoms with Crippen LogP contribution in [0.15, 0.2) is 24.4 Å². The number of carbonyl (C=O) groups is 1. The van der Waals surface area contributed by atoms with E-state index in [4.69, 9.17) is 16.3 Å². The van der Waals surface area contributed by atoms with Crippen LogP contribution in [0.4, 0.5) is 5.69 Å². The van der Waals surface area contributed by atoms with Crippen molar-refractivity contribution >= 4 is 45.8 Å². The molecule has 110 valence electrons. The lowest BCUT2D eigenvalue weighted by Gasteiger charge is -2.32. The fraction of sp³-hybridized carbons (Fsp3) is 0.286. The number of carbonyl (C=O) groups excluding carboxylic acids is 1. The Kier molecular flexibility index (Phi) is 3.83. The lowest BCUT2D eigenvalue weighted by molar-refractivity contribution is 0.0952. The second kappa shape index (κ2) is 5.49. The SMILES string of the molecule is COc1cc(N2C[C@H](C)n3ncc(I)c3C2=O)ccc1Cl. The molecule has 0 saturated heterocycles. The van der Waals surface area contributed by atoms with Crippen LogP contribution in [-0.4, -0.2) is 29.3 Å². The summed E-state index contributed by atoms with van der Waals surface area (Å²) in [5, 5.41) is 4.81. The van der Waals surface area contributed by atoms with E-state index in [0.29, 0.717) is 23.0 Å². The summed E-state index contributed by atoms with van der Waals surface area (Å²) in [5.74, 6) is 0.503. The van der Waals surface area contributed by atoms with E-state index < -0.39 is 0 Å².